The second-order valence-electron chi connectivity index (χ2n) is 1.40. The maximum absolute atomic E-state index is 8.44. The van der Waals surface area contributed by atoms with Crippen LogP contribution in [0.4, 0.5) is 0 Å². The second kappa shape index (κ2) is 2.16. The monoisotopic (exact) mass is 88.1 g/mol. The average molecular weight is 88.1 g/mol. The Morgan fingerprint density at radius 1 is 1.83 bits per heavy atom. The summed E-state index contributed by atoms with van der Waals surface area (Å²) in [6.45, 7) is 4.97. The summed E-state index contributed by atoms with van der Waals surface area (Å²) >= 11 is 0. The summed E-state index contributed by atoms with van der Waals surface area (Å²) in [6, 6.07) is -0.343. The van der Waals surface area contributed by atoms with Crippen molar-refractivity contribution in [3.63, 3.8) is 0 Å². The molecule has 3 N–H and O–H groups in total. The molecule has 2 unspecified atom stereocenters. The molecule has 0 rings (SSSR count). The highest BCUT2D eigenvalue weighted by molar-refractivity contribution is 4.67. The number of aliphatic hydroxyl groups excluding tert-OH is 1. The fourth-order valence-corrected chi connectivity index (χ4v) is 0. The Morgan fingerprint density at radius 2 is 2.00 bits per heavy atom. The molecule has 0 spiro atoms. The van der Waals surface area contributed by atoms with E-state index in [0.717, 1.165) is 0 Å². The lowest BCUT2D eigenvalue weighted by Crippen LogP contribution is -2.28. The molecule has 6 heavy (non-hydrogen) atoms. The molecule has 2 atom stereocenters. The topological polar surface area (TPSA) is 46.2 Å². The molecule has 0 aliphatic heterocycles. The van der Waals surface area contributed by atoms with Crippen LogP contribution in [0.5, 0.6) is 0 Å². The van der Waals surface area contributed by atoms with Crippen LogP contribution in [0.25, 0.3) is 0 Å². The minimum Gasteiger partial charge on any atom is -0.392 e. The van der Waals surface area contributed by atoms with E-state index in [0.29, 0.717) is 0 Å². The zero-order chi connectivity index (χ0) is 5.15. The Labute approximate surface area is 38.0 Å². The molecule has 0 aliphatic rings. The molecule has 0 heterocycles. The summed E-state index contributed by atoms with van der Waals surface area (Å²) in [4.78, 5) is 0. The normalized spacial score (nSPS) is 20.0. The number of nitrogens with two attached hydrogens (primary N) is 1. The van der Waals surface area contributed by atoms with Gasteiger partial charge in [0.2, 0.25) is 0 Å². The van der Waals surface area contributed by atoms with E-state index in [1.54, 1.807) is 6.92 Å². The van der Waals surface area contributed by atoms with E-state index in [2.05, 4.69) is 6.92 Å². The highest BCUT2D eigenvalue weighted by Gasteiger charge is 1.98. The lowest BCUT2D eigenvalue weighted by molar-refractivity contribution is 0.179. The van der Waals surface area contributed by atoms with Gasteiger partial charge in [-0.05, 0) is 13.8 Å². The van der Waals surface area contributed by atoms with E-state index in [4.69, 9.17) is 10.8 Å². The first-order chi connectivity index (χ1) is 2.64. The fraction of sp³-hybridized carbons (Fsp3) is 0.750. The third-order valence-electron chi connectivity index (χ3n) is 0.620. The predicted octanol–water partition coefficient (Wildman–Crippen LogP) is -0.471. The first-order valence-electron chi connectivity index (χ1n) is 1.91. The molecule has 2 heteroatoms. The van der Waals surface area contributed by atoms with Crippen molar-refractivity contribution < 1.29 is 5.11 Å². The van der Waals surface area contributed by atoms with E-state index in [9.17, 15) is 0 Å². The van der Waals surface area contributed by atoms with Gasteiger partial charge in [-0.1, -0.05) is 0 Å². The maximum atomic E-state index is 8.44. The predicted molar refractivity (Wildman–Crippen MR) is 25.0 cm³/mol. The first-order valence-corrected chi connectivity index (χ1v) is 1.91. The third kappa shape index (κ3) is 2.18. The second-order valence-corrected chi connectivity index (χ2v) is 1.40. The number of rotatable bonds is 1. The van der Waals surface area contributed by atoms with Crippen LogP contribution in [0, 0.1) is 6.92 Å². The number of hydrogen-bond donors (Lipinski definition) is 2. The van der Waals surface area contributed by atoms with Gasteiger partial charge in [0.1, 0.15) is 0 Å². The molecule has 0 amide bonds. The third-order valence-corrected chi connectivity index (χ3v) is 0.620. The van der Waals surface area contributed by atoms with Crippen molar-refractivity contribution in [3.8, 4) is 0 Å². The zero-order valence-corrected chi connectivity index (χ0v) is 3.89. The van der Waals surface area contributed by atoms with Crippen LogP contribution < -0.4 is 5.73 Å². The van der Waals surface area contributed by atoms with Crippen LogP contribution >= 0.6 is 0 Å². The van der Waals surface area contributed by atoms with E-state index >= 15 is 0 Å². The van der Waals surface area contributed by atoms with E-state index < -0.39 is 6.10 Å². The Bertz CT molecular complexity index is 28.5. The maximum Gasteiger partial charge on any atom is 0.0662 e. The fourth-order valence-electron chi connectivity index (χ4n) is 0. The Hall–Kier alpha value is -0.0800. The van der Waals surface area contributed by atoms with Crippen molar-refractivity contribution in [1.29, 1.82) is 0 Å². The van der Waals surface area contributed by atoms with Crippen LogP contribution in [0.15, 0.2) is 0 Å². The molecule has 0 saturated heterocycles. The van der Waals surface area contributed by atoms with Crippen molar-refractivity contribution in [2.75, 3.05) is 0 Å². The lowest BCUT2D eigenvalue weighted by atomic mass is 10.2. The summed E-state index contributed by atoms with van der Waals surface area (Å²) in [7, 11) is 0. The molecule has 0 saturated carbocycles. The van der Waals surface area contributed by atoms with Crippen LogP contribution in [0.3, 0.4) is 0 Å². The largest absolute Gasteiger partial charge is 0.392 e. The van der Waals surface area contributed by atoms with Crippen LogP contribution in [0.1, 0.15) is 6.92 Å². The molecule has 0 bridgehead atoms. The number of hydrogen-bond acceptors (Lipinski definition) is 2. The van der Waals surface area contributed by atoms with Gasteiger partial charge in [-0.15, -0.1) is 0 Å². The molecule has 0 aromatic heterocycles. The summed E-state index contributed by atoms with van der Waals surface area (Å²) in [5, 5.41) is 8.44. The highest BCUT2D eigenvalue weighted by Crippen LogP contribution is 1.81. The van der Waals surface area contributed by atoms with Gasteiger partial charge in [0.25, 0.3) is 0 Å². The average Bonchev–Trinajstić information content (AvgIpc) is 1.36. The van der Waals surface area contributed by atoms with Gasteiger partial charge >= 0.3 is 0 Å². The Balaban J connectivity index is 2.99. The van der Waals surface area contributed by atoms with Crippen LogP contribution in [0.2, 0.25) is 0 Å². The van der Waals surface area contributed by atoms with Crippen molar-refractivity contribution in [3.05, 3.63) is 6.92 Å². The molecular formula is C4H10NO. The molecule has 0 aromatic carbocycles. The van der Waals surface area contributed by atoms with E-state index in [-0.39, 0.29) is 6.04 Å². The molecule has 1 radical (unpaired) electrons. The van der Waals surface area contributed by atoms with Crippen molar-refractivity contribution in [1.82, 2.24) is 0 Å². The van der Waals surface area contributed by atoms with Gasteiger partial charge in [-0.3, -0.25) is 0 Å². The zero-order valence-electron chi connectivity index (χ0n) is 3.89. The lowest BCUT2D eigenvalue weighted by Gasteiger charge is -2.04. The molecular weight excluding hydrogens is 78.0 g/mol. The quantitative estimate of drug-likeness (QED) is 0.455. The Kier molecular flexibility index (Phi) is 2.13. The van der Waals surface area contributed by atoms with Gasteiger partial charge in [-0.2, -0.15) is 0 Å². The molecule has 2 nitrogen and oxygen atoms in total. The van der Waals surface area contributed by atoms with E-state index in [1.165, 1.54) is 0 Å². The first kappa shape index (κ1) is 5.92. The Morgan fingerprint density at radius 3 is 2.00 bits per heavy atom. The molecule has 37 valence electrons. The van der Waals surface area contributed by atoms with Gasteiger partial charge in [0.15, 0.2) is 0 Å². The standard InChI is InChI=1S/C4H10NO/c1-3(5)4(2)6/h3-4,6H,1,5H2,2H3. The summed E-state index contributed by atoms with van der Waals surface area (Å²) in [6.07, 6.45) is -0.481. The molecule has 0 fully saturated rings. The smallest absolute Gasteiger partial charge is 0.0662 e. The van der Waals surface area contributed by atoms with Crippen LogP contribution in [-0.4, -0.2) is 17.3 Å². The van der Waals surface area contributed by atoms with Gasteiger partial charge in [0.05, 0.1) is 6.10 Å². The van der Waals surface area contributed by atoms with Crippen molar-refractivity contribution in [2.24, 2.45) is 5.73 Å². The summed E-state index contributed by atoms with van der Waals surface area (Å²) in [5.41, 5.74) is 5.07. The van der Waals surface area contributed by atoms with Gasteiger partial charge < -0.3 is 10.8 Å². The minimum absolute atomic E-state index is 0.343. The van der Waals surface area contributed by atoms with Crippen LogP contribution in [-0.2, 0) is 0 Å². The van der Waals surface area contributed by atoms with Gasteiger partial charge in [-0.25, -0.2) is 0 Å². The summed E-state index contributed by atoms with van der Waals surface area (Å²) in [5.74, 6) is 0. The van der Waals surface area contributed by atoms with E-state index in [1.807, 2.05) is 0 Å². The minimum atomic E-state index is -0.481. The molecule has 0 aliphatic carbocycles. The van der Waals surface area contributed by atoms with Crippen molar-refractivity contribution in [2.45, 2.75) is 19.1 Å². The van der Waals surface area contributed by atoms with Gasteiger partial charge in [0, 0.05) is 6.04 Å². The number of aliphatic hydroxyl groups is 1. The summed E-state index contributed by atoms with van der Waals surface area (Å²) < 4.78 is 0. The molecule has 0 aromatic rings. The SMILES string of the molecule is [CH2]C(N)C(C)O. The van der Waals surface area contributed by atoms with Crippen molar-refractivity contribution >= 4 is 0 Å². The highest BCUT2D eigenvalue weighted by atomic mass is 16.3.